The molecule has 178 valence electrons. The normalized spacial score (nSPS) is 15.2. The second kappa shape index (κ2) is 10.4. The van der Waals surface area contributed by atoms with Crippen LogP contribution < -0.4 is 16.0 Å². The lowest BCUT2D eigenvalue weighted by atomic mass is 10.2. The van der Waals surface area contributed by atoms with Crippen LogP contribution in [0.3, 0.4) is 0 Å². The van der Waals surface area contributed by atoms with E-state index in [-0.39, 0.29) is 23.8 Å². The summed E-state index contributed by atoms with van der Waals surface area (Å²) in [6.45, 7) is -0.538. The molecule has 0 spiro atoms. The second-order valence-corrected chi connectivity index (χ2v) is 8.90. The van der Waals surface area contributed by atoms with Gasteiger partial charge in [-0.2, -0.15) is 0 Å². The van der Waals surface area contributed by atoms with Crippen LogP contribution in [0.5, 0.6) is 0 Å². The van der Waals surface area contributed by atoms with E-state index < -0.39 is 29.6 Å². The van der Waals surface area contributed by atoms with Gasteiger partial charge < -0.3 is 15.8 Å². The van der Waals surface area contributed by atoms with E-state index in [2.05, 4.69) is 5.32 Å². The average Bonchev–Trinajstić information content (AvgIpc) is 3.11. The highest BCUT2D eigenvalue weighted by Gasteiger charge is 2.40. The van der Waals surface area contributed by atoms with Gasteiger partial charge in [0.05, 0.1) is 16.5 Å². The number of halogens is 1. The number of thioether (sulfide) groups is 1. The SMILES string of the molecule is Nc1cccc(SC2CC(=O)N(c3ccc(C(=O)OCC(=O)Nc4ccc(F)cc4)cc3)C2=O)c1. The highest BCUT2D eigenvalue weighted by molar-refractivity contribution is 8.00. The standard InChI is InChI=1S/C25H20FN3O5S/c26-16-6-8-18(9-7-16)28-22(30)14-34-25(33)15-4-10-19(11-5-15)29-23(31)13-21(24(29)32)35-20-3-1-2-17(27)12-20/h1-12,21H,13-14,27H2,(H,28,30). The monoisotopic (exact) mass is 493 g/mol. The van der Waals surface area contributed by atoms with Crippen LogP contribution in [0, 0.1) is 5.82 Å². The molecule has 8 nitrogen and oxygen atoms in total. The molecule has 1 heterocycles. The van der Waals surface area contributed by atoms with Crippen LogP contribution in [0.15, 0.2) is 77.7 Å². The predicted octanol–water partition coefficient (Wildman–Crippen LogP) is 3.63. The summed E-state index contributed by atoms with van der Waals surface area (Å²) in [6.07, 6.45) is 0.0469. The number of carbonyl (C=O) groups excluding carboxylic acids is 4. The first-order valence-electron chi connectivity index (χ1n) is 10.5. The first kappa shape index (κ1) is 24.0. The minimum atomic E-state index is -0.750. The molecular weight excluding hydrogens is 473 g/mol. The quantitative estimate of drug-likeness (QED) is 0.293. The molecule has 0 aromatic heterocycles. The van der Waals surface area contributed by atoms with Crippen LogP contribution in [-0.2, 0) is 19.1 Å². The lowest BCUT2D eigenvalue weighted by Gasteiger charge is -2.15. The number of rotatable bonds is 7. The van der Waals surface area contributed by atoms with Gasteiger partial charge in [0.25, 0.3) is 5.91 Å². The van der Waals surface area contributed by atoms with E-state index in [1.807, 2.05) is 6.07 Å². The van der Waals surface area contributed by atoms with Crippen LogP contribution in [0.25, 0.3) is 0 Å². The first-order valence-corrected chi connectivity index (χ1v) is 11.4. The largest absolute Gasteiger partial charge is 0.452 e. The molecule has 1 fully saturated rings. The molecule has 0 radical (unpaired) electrons. The summed E-state index contributed by atoms with van der Waals surface area (Å²) in [6, 6.07) is 18.0. The summed E-state index contributed by atoms with van der Waals surface area (Å²) >= 11 is 1.27. The van der Waals surface area contributed by atoms with Crippen molar-refractivity contribution in [3.05, 3.63) is 84.2 Å². The zero-order chi connectivity index (χ0) is 24.9. The molecule has 0 bridgehead atoms. The minimum absolute atomic E-state index is 0.0469. The Hall–Kier alpha value is -4.18. The maximum absolute atomic E-state index is 12.9. The second-order valence-electron chi connectivity index (χ2n) is 7.63. The fraction of sp³-hybridized carbons (Fsp3) is 0.120. The zero-order valence-electron chi connectivity index (χ0n) is 18.3. The van der Waals surface area contributed by atoms with Gasteiger partial charge in [0.2, 0.25) is 11.8 Å². The summed E-state index contributed by atoms with van der Waals surface area (Å²) in [5.74, 6) is -2.47. The number of imide groups is 1. The Morgan fingerprint density at radius 1 is 1.06 bits per heavy atom. The van der Waals surface area contributed by atoms with Crippen LogP contribution >= 0.6 is 11.8 Å². The molecule has 1 aliphatic heterocycles. The molecule has 1 aliphatic rings. The van der Waals surface area contributed by atoms with E-state index in [0.29, 0.717) is 17.1 Å². The van der Waals surface area contributed by atoms with E-state index in [1.54, 1.807) is 18.2 Å². The van der Waals surface area contributed by atoms with Crippen molar-refractivity contribution in [1.29, 1.82) is 0 Å². The van der Waals surface area contributed by atoms with Gasteiger partial charge in [-0.05, 0) is 66.7 Å². The highest BCUT2D eigenvalue weighted by atomic mass is 32.2. The van der Waals surface area contributed by atoms with Crippen molar-refractivity contribution in [2.45, 2.75) is 16.6 Å². The minimum Gasteiger partial charge on any atom is -0.452 e. The van der Waals surface area contributed by atoms with E-state index in [4.69, 9.17) is 10.5 Å². The van der Waals surface area contributed by atoms with Crippen molar-refractivity contribution in [2.75, 3.05) is 22.6 Å². The van der Waals surface area contributed by atoms with Crippen LogP contribution in [0.1, 0.15) is 16.8 Å². The fourth-order valence-electron chi connectivity index (χ4n) is 3.41. The van der Waals surface area contributed by atoms with Crippen LogP contribution in [0.4, 0.5) is 21.5 Å². The summed E-state index contributed by atoms with van der Waals surface area (Å²) < 4.78 is 17.9. The van der Waals surface area contributed by atoms with Gasteiger partial charge >= 0.3 is 5.97 Å². The number of esters is 1. The first-order chi connectivity index (χ1) is 16.8. The number of amides is 3. The maximum Gasteiger partial charge on any atom is 0.338 e. The lowest BCUT2D eigenvalue weighted by Crippen LogP contribution is -2.31. The van der Waals surface area contributed by atoms with Crippen molar-refractivity contribution < 1.29 is 28.3 Å². The van der Waals surface area contributed by atoms with Gasteiger partial charge in [-0.25, -0.2) is 14.1 Å². The number of ether oxygens (including phenoxy) is 1. The van der Waals surface area contributed by atoms with Crippen molar-refractivity contribution in [3.63, 3.8) is 0 Å². The molecule has 1 unspecified atom stereocenters. The lowest BCUT2D eigenvalue weighted by molar-refractivity contribution is -0.121. The third-order valence-electron chi connectivity index (χ3n) is 5.07. The highest BCUT2D eigenvalue weighted by Crippen LogP contribution is 2.34. The molecule has 0 aliphatic carbocycles. The van der Waals surface area contributed by atoms with E-state index in [1.165, 1.54) is 60.3 Å². The zero-order valence-corrected chi connectivity index (χ0v) is 19.1. The molecule has 35 heavy (non-hydrogen) atoms. The number of benzene rings is 3. The Bertz CT molecular complexity index is 1280. The van der Waals surface area contributed by atoms with Crippen molar-refractivity contribution in [3.8, 4) is 0 Å². The summed E-state index contributed by atoms with van der Waals surface area (Å²) in [5.41, 5.74) is 7.20. The number of carbonyl (C=O) groups is 4. The van der Waals surface area contributed by atoms with E-state index in [0.717, 1.165) is 9.80 Å². The summed E-state index contributed by atoms with van der Waals surface area (Å²) in [7, 11) is 0. The number of nitrogens with two attached hydrogens (primary N) is 1. The van der Waals surface area contributed by atoms with Gasteiger partial charge in [0, 0.05) is 22.7 Å². The number of hydrogen-bond donors (Lipinski definition) is 2. The van der Waals surface area contributed by atoms with Gasteiger partial charge in [-0.3, -0.25) is 14.4 Å². The predicted molar refractivity (Wildman–Crippen MR) is 129 cm³/mol. The van der Waals surface area contributed by atoms with Crippen molar-refractivity contribution >= 4 is 52.5 Å². The molecule has 3 aromatic carbocycles. The summed E-state index contributed by atoms with van der Waals surface area (Å²) in [5, 5.41) is 1.91. The Kier molecular flexibility index (Phi) is 7.11. The Balaban J connectivity index is 1.34. The van der Waals surface area contributed by atoms with Crippen molar-refractivity contribution in [2.24, 2.45) is 0 Å². The molecule has 3 aromatic rings. The maximum atomic E-state index is 12.9. The Morgan fingerprint density at radius 2 is 1.77 bits per heavy atom. The molecule has 0 saturated carbocycles. The van der Waals surface area contributed by atoms with E-state index in [9.17, 15) is 23.6 Å². The fourth-order valence-corrected chi connectivity index (χ4v) is 4.53. The third-order valence-corrected chi connectivity index (χ3v) is 6.24. The Morgan fingerprint density at radius 3 is 2.46 bits per heavy atom. The molecule has 1 atom stereocenters. The van der Waals surface area contributed by atoms with Crippen molar-refractivity contribution in [1.82, 2.24) is 0 Å². The summed E-state index contributed by atoms with van der Waals surface area (Å²) in [4.78, 5) is 51.5. The topological polar surface area (TPSA) is 119 Å². The number of nitrogens with one attached hydrogen (secondary N) is 1. The molecular formula is C25H20FN3O5S. The molecule has 3 amide bonds. The number of nitrogens with zero attached hydrogens (tertiary/aromatic N) is 1. The smallest absolute Gasteiger partial charge is 0.338 e. The molecule has 1 saturated heterocycles. The molecule has 3 N–H and O–H groups in total. The number of nitrogen functional groups attached to an aromatic ring is 1. The molecule has 4 rings (SSSR count). The van der Waals surface area contributed by atoms with E-state index >= 15 is 0 Å². The Labute approximate surface area is 204 Å². The van der Waals surface area contributed by atoms with Crippen LogP contribution in [0.2, 0.25) is 0 Å². The number of anilines is 3. The van der Waals surface area contributed by atoms with Gasteiger partial charge in [0.1, 0.15) is 5.82 Å². The number of hydrogen-bond acceptors (Lipinski definition) is 7. The van der Waals surface area contributed by atoms with Gasteiger partial charge in [0.15, 0.2) is 6.61 Å². The van der Waals surface area contributed by atoms with Gasteiger partial charge in [-0.1, -0.05) is 6.07 Å². The van der Waals surface area contributed by atoms with Gasteiger partial charge in [-0.15, -0.1) is 11.8 Å². The average molecular weight is 494 g/mol. The molecule has 10 heteroatoms. The third kappa shape index (κ3) is 5.85. The van der Waals surface area contributed by atoms with Crippen LogP contribution in [-0.4, -0.2) is 35.5 Å².